The number of hydrogen-bond acceptors (Lipinski definition) is 4. The summed E-state index contributed by atoms with van der Waals surface area (Å²) < 4.78 is 5.23. The van der Waals surface area contributed by atoms with Gasteiger partial charge in [0.15, 0.2) is 0 Å². The number of anilines is 1. The third-order valence-electron chi connectivity index (χ3n) is 3.38. The molecule has 0 saturated carbocycles. The van der Waals surface area contributed by atoms with Crippen LogP contribution in [0.2, 0.25) is 0 Å². The minimum absolute atomic E-state index is 0.398. The van der Waals surface area contributed by atoms with Crippen LogP contribution < -0.4 is 15.8 Å². The van der Waals surface area contributed by atoms with Gasteiger partial charge in [-0.2, -0.15) is 0 Å². The number of nitrogens with one attached hydrogen (secondary N) is 1. The lowest BCUT2D eigenvalue weighted by molar-refractivity contribution is 0.273. The molecule has 0 fully saturated rings. The molecular formula is C15H25N3OS. The highest BCUT2D eigenvalue weighted by molar-refractivity contribution is 7.80. The molecule has 0 atom stereocenters. The second kappa shape index (κ2) is 8.07. The Hall–Kier alpha value is -1.33. The van der Waals surface area contributed by atoms with Crippen molar-refractivity contribution in [2.24, 2.45) is 5.73 Å². The van der Waals surface area contributed by atoms with E-state index >= 15 is 0 Å². The van der Waals surface area contributed by atoms with Crippen molar-refractivity contribution in [2.75, 3.05) is 32.6 Å². The monoisotopic (exact) mass is 295 g/mol. The van der Waals surface area contributed by atoms with Gasteiger partial charge in [-0.3, -0.25) is 0 Å². The molecule has 0 aliphatic rings. The molecule has 3 N–H and O–H groups in total. The van der Waals surface area contributed by atoms with E-state index in [1.165, 1.54) is 0 Å². The zero-order valence-corrected chi connectivity index (χ0v) is 13.6. The van der Waals surface area contributed by atoms with E-state index in [9.17, 15) is 0 Å². The van der Waals surface area contributed by atoms with Crippen molar-refractivity contribution in [3.8, 4) is 5.75 Å². The molecule has 0 saturated heterocycles. The fraction of sp³-hybridized carbons (Fsp3) is 0.533. The van der Waals surface area contributed by atoms with Crippen LogP contribution in [0.4, 0.5) is 5.69 Å². The van der Waals surface area contributed by atoms with Crippen LogP contribution in [-0.2, 0) is 0 Å². The van der Waals surface area contributed by atoms with Crippen LogP contribution in [0.5, 0.6) is 5.75 Å². The predicted octanol–water partition coefficient (Wildman–Crippen LogP) is 2.47. The second-order valence-electron chi connectivity index (χ2n) is 5.13. The van der Waals surface area contributed by atoms with Gasteiger partial charge in [-0.1, -0.05) is 12.2 Å². The molecule has 20 heavy (non-hydrogen) atoms. The molecule has 0 bridgehead atoms. The largest absolute Gasteiger partial charge is 0.497 e. The molecule has 0 aliphatic heterocycles. The maximum atomic E-state index is 5.74. The van der Waals surface area contributed by atoms with Crippen molar-refractivity contribution in [3.05, 3.63) is 23.8 Å². The van der Waals surface area contributed by atoms with Crippen LogP contribution in [-0.4, -0.2) is 43.2 Å². The molecular weight excluding hydrogens is 270 g/mol. The van der Waals surface area contributed by atoms with Crippen molar-refractivity contribution in [2.45, 2.75) is 26.3 Å². The van der Waals surface area contributed by atoms with Gasteiger partial charge in [0.1, 0.15) is 10.7 Å². The summed E-state index contributed by atoms with van der Waals surface area (Å²) in [7, 11) is 3.79. The Morgan fingerprint density at radius 2 is 2.15 bits per heavy atom. The highest BCUT2D eigenvalue weighted by atomic mass is 32.1. The van der Waals surface area contributed by atoms with Gasteiger partial charge in [0.05, 0.1) is 7.11 Å². The molecule has 1 aromatic carbocycles. The summed E-state index contributed by atoms with van der Waals surface area (Å²) in [5.74, 6) is 0.798. The van der Waals surface area contributed by atoms with Crippen LogP contribution in [0, 0.1) is 0 Å². The van der Waals surface area contributed by atoms with Crippen LogP contribution >= 0.6 is 12.2 Å². The van der Waals surface area contributed by atoms with Gasteiger partial charge in [0, 0.05) is 29.9 Å². The Morgan fingerprint density at radius 1 is 1.45 bits per heavy atom. The van der Waals surface area contributed by atoms with E-state index in [0.717, 1.165) is 36.5 Å². The van der Waals surface area contributed by atoms with Gasteiger partial charge in [-0.15, -0.1) is 0 Å². The average molecular weight is 295 g/mol. The molecule has 1 aromatic rings. The topological polar surface area (TPSA) is 50.5 Å². The normalized spacial score (nSPS) is 10.9. The number of thiocarbonyl (C=S) groups is 1. The van der Waals surface area contributed by atoms with Crippen LogP contribution in [0.25, 0.3) is 0 Å². The highest BCUT2D eigenvalue weighted by Crippen LogP contribution is 2.22. The summed E-state index contributed by atoms with van der Waals surface area (Å²) in [6, 6.07) is 6.26. The quantitative estimate of drug-likeness (QED) is 0.570. The minimum Gasteiger partial charge on any atom is -0.497 e. The van der Waals surface area contributed by atoms with Gasteiger partial charge < -0.3 is 20.7 Å². The van der Waals surface area contributed by atoms with E-state index < -0.39 is 0 Å². The van der Waals surface area contributed by atoms with E-state index in [-0.39, 0.29) is 0 Å². The van der Waals surface area contributed by atoms with E-state index in [1.807, 2.05) is 18.2 Å². The minimum atomic E-state index is 0.398. The Labute approximate surface area is 127 Å². The molecule has 4 nitrogen and oxygen atoms in total. The summed E-state index contributed by atoms with van der Waals surface area (Å²) in [6.07, 6.45) is 1.06. The lowest BCUT2D eigenvalue weighted by Crippen LogP contribution is -2.28. The summed E-state index contributed by atoms with van der Waals surface area (Å²) in [4.78, 5) is 2.72. The number of ether oxygens (including phenoxy) is 1. The molecule has 0 aliphatic carbocycles. The summed E-state index contributed by atoms with van der Waals surface area (Å²) in [5, 5.41) is 3.39. The fourth-order valence-corrected chi connectivity index (χ4v) is 2.00. The van der Waals surface area contributed by atoms with Crippen LogP contribution in [0.3, 0.4) is 0 Å². The Bertz CT molecular complexity index is 449. The molecule has 0 aromatic heterocycles. The summed E-state index contributed by atoms with van der Waals surface area (Å²) >= 11 is 5.07. The highest BCUT2D eigenvalue weighted by Gasteiger charge is 2.07. The first-order chi connectivity index (χ1) is 9.45. The Morgan fingerprint density at radius 3 is 2.70 bits per heavy atom. The Balaban J connectivity index is 2.60. The van der Waals surface area contributed by atoms with Crippen LogP contribution in [0.1, 0.15) is 25.8 Å². The number of rotatable bonds is 8. The fourth-order valence-electron chi connectivity index (χ4n) is 1.82. The molecule has 0 heterocycles. The zero-order valence-electron chi connectivity index (χ0n) is 12.8. The molecule has 0 amide bonds. The Kier molecular flexibility index (Phi) is 6.75. The zero-order chi connectivity index (χ0) is 15.1. The number of nitrogens with zero attached hydrogens (tertiary/aromatic N) is 1. The SMILES string of the molecule is COc1ccc(C(N)=S)c(NCCCN(C)C(C)C)c1. The standard InChI is InChI=1S/C15H25N3OS/c1-11(2)18(3)9-5-8-17-14-10-12(19-4)6-7-13(14)15(16)20/h6-7,10-11,17H,5,8-9H2,1-4H3,(H2,16,20). The lowest BCUT2D eigenvalue weighted by atomic mass is 10.1. The van der Waals surface area contributed by atoms with Crippen molar-refractivity contribution in [1.82, 2.24) is 4.90 Å². The maximum absolute atomic E-state index is 5.74. The molecule has 1 rings (SSSR count). The van der Waals surface area contributed by atoms with Crippen molar-refractivity contribution in [1.29, 1.82) is 0 Å². The summed E-state index contributed by atoms with van der Waals surface area (Å²) in [6.45, 7) is 6.32. The third kappa shape index (κ3) is 4.98. The third-order valence-corrected chi connectivity index (χ3v) is 3.60. The van der Waals surface area contributed by atoms with E-state index in [4.69, 9.17) is 22.7 Å². The van der Waals surface area contributed by atoms with Crippen molar-refractivity contribution in [3.63, 3.8) is 0 Å². The molecule has 0 spiro atoms. The van der Waals surface area contributed by atoms with E-state index in [1.54, 1.807) is 7.11 Å². The smallest absolute Gasteiger partial charge is 0.120 e. The number of benzene rings is 1. The molecule has 5 heteroatoms. The van der Waals surface area contributed by atoms with Crippen LogP contribution in [0.15, 0.2) is 18.2 Å². The van der Waals surface area contributed by atoms with Gasteiger partial charge in [0.25, 0.3) is 0 Å². The summed E-state index contributed by atoms with van der Waals surface area (Å²) in [5.41, 5.74) is 7.53. The first-order valence-electron chi connectivity index (χ1n) is 6.87. The maximum Gasteiger partial charge on any atom is 0.120 e. The van der Waals surface area contributed by atoms with E-state index in [0.29, 0.717) is 11.0 Å². The molecule has 112 valence electrons. The predicted molar refractivity (Wildman–Crippen MR) is 89.8 cm³/mol. The number of hydrogen-bond donors (Lipinski definition) is 2. The van der Waals surface area contributed by atoms with Gasteiger partial charge in [-0.05, 0) is 46.0 Å². The average Bonchev–Trinajstić information content (AvgIpc) is 2.42. The van der Waals surface area contributed by atoms with Crippen molar-refractivity contribution < 1.29 is 4.74 Å². The van der Waals surface area contributed by atoms with Gasteiger partial charge >= 0.3 is 0 Å². The van der Waals surface area contributed by atoms with Gasteiger partial charge in [0.2, 0.25) is 0 Å². The first-order valence-corrected chi connectivity index (χ1v) is 7.28. The second-order valence-corrected chi connectivity index (χ2v) is 5.57. The number of nitrogens with two attached hydrogens (primary N) is 1. The number of methoxy groups -OCH3 is 1. The first kappa shape index (κ1) is 16.7. The van der Waals surface area contributed by atoms with E-state index in [2.05, 4.69) is 31.1 Å². The molecule has 0 radical (unpaired) electrons. The van der Waals surface area contributed by atoms with Gasteiger partial charge in [-0.25, -0.2) is 0 Å². The lowest BCUT2D eigenvalue weighted by Gasteiger charge is -2.21. The van der Waals surface area contributed by atoms with Crippen molar-refractivity contribution >= 4 is 22.9 Å². The molecule has 0 unspecified atom stereocenters.